The second-order valence-corrected chi connectivity index (χ2v) is 31.5. The Labute approximate surface area is 630 Å². The van der Waals surface area contributed by atoms with Gasteiger partial charge in [-0.25, -0.2) is 23.5 Å². The Bertz CT molecular complexity index is 4050. The maximum absolute atomic E-state index is 14.7. The average Bonchev–Trinajstić information content (AvgIpc) is 1.69. The minimum Gasteiger partial charge on any atom is -0.508 e. The summed E-state index contributed by atoms with van der Waals surface area (Å²) in [5.74, 6) is -0.970. The van der Waals surface area contributed by atoms with E-state index >= 15 is 0 Å². The molecule has 0 aliphatic carbocycles. The largest absolute Gasteiger partial charge is 0.508 e. The SMILES string of the molecule is CC[C@@H](C)C(=O)N[C@H](C(=O)N1C[C@@H](Oc2ccc(C)cc2)C[C@H]1CN(CCc1ccc(F)cc1)C(=O)c1cn(C)cn1)C(C)(C)C.Cc1ccc(O)cc1.Cc1ccc(O[C@H]2C[C@@H](CN(CCc3ccc(F)cc3)C(=O)c3cn(C)cn3)N(C(=O)[C@@H](NC(=O)[C@H](C)N(C)C(=O)OC(C)(C)C)C(C)(C)C)C2)cc1. The summed E-state index contributed by atoms with van der Waals surface area (Å²) in [5, 5.41) is 14.7. The molecule has 578 valence electrons. The third-order valence-electron chi connectivity index (χ3n) is 19.0. The Kier molecular flexibility index (Phi) is 29.4. The number of likely N-dealkylation sites (tertiary alicyclic amines) is 2. The smallest absolute Gasteiger partial charge is 0.410 e. The van der Waals surface area contributed by atoms with Gasteiger partial charge in [-0.1, -0.05) is 133 Å². The van der Waals surface area contributed by atoms with Crippen molar-refractivity contribution in [2.24, 2.45) is 30.8 Å². The van der Waals surface area contributed by atoms with Crippen molar-refractivity contribution in [1.29, 1.82) is 0 Å². The summed E-state index contributed by atoms with van der Waals surface area (Å²) in [6, 6.07) is 31.4. The standard InChI is InChI=1S/C40H55FN6O6.C36H48FN5O4.C7H8O/c1-26-11-17-31(18-12-26)52-32-21-30(22-46(36(49)33-24-44(9)25-42-33)20-19-28-13-15-29(41)16-14-28)47(23-32)37(50)34(39(3,4)5)43-35(48)27(2)45(10)38(51)53-40(6,7)8;1-8-25(3)33(43)39-32(36(4,5)6)35(45)42-21-30(46-29-15-9-24(2)10-16-29)19-28(42)20-41(34(44)31-22-40(7)23-38-31)18-17-26-11-13-27(37)14-12-26;1-6-2-4-7(8)5-3-6/h11-18,24-25,27,30,32,34H,19-23H2,1-10H3,(H,43,48);9-16,22-23,25,28,30,32H,8,17-21H2,1-7H3,(H,39,43);2-5,8H,1H3/t27-,30-,32-,34+;25-,28+,30+,32-;/m01./s1. The lowest BCUT2D eigenvalue weighted by molar-refractivity contribution is -0.141. The molecule has 0 radical (unpaired) electrons. The molecule has 0 spiro atoms. The molecule has 4 heterocycles. The average molecular weight is 1480 g/mol. The van der Waals surface area contributed by atoms with Gasteiger partial charge in [0.15, 0.2) is 0 Å². The fourth-order valence-corrected chi connectivity index (χ4v) is 12.3. The number of benzene rings is 5. The van der Waals surface area contributed by atoms with Gasteiger partial charge < -0.3 is 58.7 Å². The van der Waals surface area contributed by atoms with E-state index in [0.717, 1.165) is 22.3 Å². The highest BCUT2D eigenvalue weighted by Crippen LogP contribution is 2.32. The number of nitrogens with one attached hydrogen (secondary N) is 2. The number of halogens is 2. The Morgan fingerprint density at radius 3 is 1.25 bits per heavy atom. The van der Waals surface area contributed by atoms with Gasteiger partial charge in [-0.15, -0.1) is 0 Å². The van der Waals surface area contributed by atoms with Crippen molar-refractivity contribution in [2.75, 3.05) is 46.3 Å². The van der Waals surface area contributed by atoms with Crippen LogP contribution in [0.3, 0.4) is 0 Å². The van der Waals surface area contributed by atoms with Crippen LogP contribution in [0.25, 0.3) is 0 Å². The van der Waals surface area contributed by atoms with Gasteiger partial charge >= 0.3 is 6.09 Å². The minimum atomic E-state index is -0.982. The topological polar surface area (TPSA) is 243 Å². The van der Waals surface area contributed by atoms with Gasteiger partial charge in [0.25, 0.3) is 11.8 Å². The molecule has 3 N–H and O–H groups in total. The van der Waals surface area contributed by atoms with Crippen LogP contribution in [0, 0.1) is 49.2 Å². The highest BCUT2D eigenvalue weighted by molar-refractivity contribution is 5.94. The number of imidazole rings is 2. The van der Waals surface area contributed by atoms with Crippen LogP contribution in [-0.2, 0) is 50.9 Å². The van der Waals surface area contributed by atoms with Crippen molar-refractivity contribution in [1.82, 2.24) is 54.2 Å². The number of ether oxygens (including phenoxy) is 3. The molecule has 0 bridgehead atoms. The van der Waals surface area contributed by atoms with E-state index in [-0.39, 0.29) is 91.1 Å². The molecule has 7 amide bonds. The van der Waals surface area contributed by atoms with Crippen molar-refractivity contribution >= 4 is 41.5 Å². The monoisotopic (exact) mass is 1480 g/mol. The normalized spacial score (nSPS) is 16.8. The molecule has 2 saturated heterocycles. The van der Waals surface area contributed by atoms with E-state index in [9.17, 15) is 42.3 Å². The van der Waals surface area contributed by atoms with Crippen molar-refractivity contribution < 1.29 is 61.7 Å². The molecule has 5 aromatic carbocycles. The number of phenols is 1. The van der Waals surface area contributed by atoms with Crippen molar-refractivity contribution in [3.63, 3.8) is 0 Å². The van der Waals surface area contributed by atoms with Gasteiger partial charge in [-0.05, 0) is 150 Å². The van der Waals surface area contributed by atoms with E-state index in [1.807, 2.05) is 137 Å². The summed E-state index contributed by atoms with van der Waals surface area (Å²) < 4.78 is 48.9. The van der Waals surface area contributed by atoms with Gasteiger partial charge in [0.1, 0.15) is 76.2 Å². The molecule has 0 unspecified atom stereocenters. The highest BCUT2D eigenvalue weighted by Gasteiger charge is 2.47. The van der Waals surface area contributed by atoms with E-state index in [4.69, 9.17) is 19.3 Å². The highest BCUT2D eigenvalue weighted by atomic mass is 19.1. The number of amides is 7. The Morgan fingerprint density at radius 2 is 0.925 bits per heavy atom. The Hall–Kier alpha value is -10.1. The maximum atomic E-state index is 14.7. The quantitative estimate of drug-likeness (QED) is 0.0510. The van der Waals surface area contributed by atoms with E-state index in [1.165, 1.54) is 41.8 Å². The summed E-state index contributed by atoms with van der Waals surface area (Å²) in [4.78, 5) is 113. The molecular formula is C83H111F2N11O11. The van der Waals surface area contributed by atoms with Crippen LogP contribution in [0.2, 0.25) is 0 Å². The third kappa shape index (κ3) is 25.3. The van der Waals surface area contributed by atoms with Crippen LogP contribution >= 0.6 is 0 Å². The molecule has 22 nitrogen and oxygen atoms in total. The van der Waals surface area contributed by atoms with Crippen LogP contribution < -0.4 is 20.1 Å². The van der Waals surface area contributed by atoms with Crippen molar-refractivity contribution in [3.8, 4) is 17.2 Å². The predicted molar refractivity (Wildman–Crippen MR) is 408 cm³/mol. The van der Waals surface area contributed by atoms with Gasteiger partial charge in [0, 0.05) is 78.5 Å². The second-order valence-electron chi connectivity index (χ2n) is 31.5. The summed E-state index contributed by atoms with van der Waals surface area (Å²) in [6.07, 6.45) is 7.62. The van der Waals surface area contributed by atoms with E-state index in [0.29, 0.717) is 68.1 Å². The van der Waals surface area contributed by atoms with Gasteiger partial charge in [0.2, 0.25) is 23.6 Å². The first-order valence-electron chi connectivity index (χ1n) is 36.7. The van der Waals surface area contributed by atoms with Crippen LogP contribution in [0.4, 0.5) is 13.6 Å². The summed E-state index contributed by atoms with van der Waals surface area (Å²) in [5.41, 5.74) is 3.63. The van der Waals surface area contributed by atoms with Gasteiger partial charge in [-0.2, -0.15) is 0 Å². The molecule has 24 heteroatoms. The zero-order valence-electron chi connectivity index (χ0n) is 65.6. The molecular weight excluding hydrogens is 1360 g/mol. The maximum Gasteiger partial charge on any atom is 0.410 e. The summed E-state index contributed by atoms with van der Waals surface area (Å²) in [6.45, 7) is 29.6. The van der Waals surface area contributed by atoms with Crippen LogP contribution in [0.5, 0.6) is 17.2 Å². The molecule has 2 aliphatic rings. The molecule has 9 rings (SSSR count). The summed E-state index contributed by atoms with van der Waals surface area (Å²) in [7, 11) is 5.07. The van der Waals surface area contributed by atoms with E-state index in [2.05, 4.69) is 20.6 Å². The second kappa shape index (κ2) is 37.4. The molecule has 107 heavy (non-hydrogen) atoms. The number of carbonyl (C=O) groups is 7. The Morgan fingerprint density at radius 1 is 0.561 bits per heavy atom. The number of aryl methyl sites for hydroxylation is 5. The first-order chi connectivity index (χ1) is 50.2. The zero-order valence-corrected chi connectivity index (χ0v) is 65.6. The molecule has 2 aromatic heterocycles. The van der Waals surface area contributed by atoms with Crippen LogP contribution in [0.15, 0.2) is 146 Å². The number of rotatable bonds is 24. The fourth-order valence-electron chi connectivity index (χ4n) is 12.3. The molecule has 2 aliphatic heterocycles. The lowest BCUT2D eigenvalue weighted by Crippen LogP contribution is -2.60. The van der Waals surface area contributed by atoms with Crippen molar-refractivity contribution in [2.45, 2.75) is 184 Å². The van der Waals surface area contributed by atoms with Crippen LogP contribution in [-0.4, -0.2) is 185 Å². The first kappa shape index (κ1) is 84.1. The lowest BCUT2D eigenvalue weighted by Gasteiger charge is -2.38. The lowest BCUT2D eigenvalue weighted by atomic mass is 9.85. The number of likely N-dealkylation sites (N-methyl/N-ethyl adjacent to an activating group) is 1. The number of phenolic OH excluding ortho intramolecular Hbond substituents is 1. The van der Waals surface area contributed by atoms with Crippen molar-refractivity contribution in [3.05, 3.63) is 197 Å². The number of hydrogen-bond donors (Lipinski definition) is 3. The molecule has 0 saturated carbocycles. The fraction of sp³-hybridized carbons (Fsp3) is 0.482. The van der Waals surface area contributed by atoms with Gasteiger partial charge in [-0.3, -0.25) is 33.7 Å². The van der Waals surface area contributed by atoms with Crippen LogP contribution in [0.1, 0.15) is 151 Å². The number of aromatic nitrogens is 4. The number of hydrogen-bond acceptors (Lipinski definition) is 13. The molecule has 2 fully saturated rings. The minimum absolute atomic E-state index is 0.162. The molecule has 7 aromatic rings. The molecule has 8 atom stereocenters. The number of aromatic hydroxyl groups is 1. The van der Waals surface area contributed by atoms with E-state index < -0.39 is 58.7 Å². The Balaban J connectivity index is 0.000000271. The number of carbonyl (C=O) groups excluding carboxylic acids is 7. The van der Waals surface area contributed by atoms with E-state index in [1.54, 1.807) is 132 Å². The summed E-state index contributed by atoms with van der Waals surface area (Å²) >= 11 is 0. The first-order valence-corrected chi connectivity index (χ1v) is 36.7. The predicted octanol–water partition coefficient (Wildman–Crippen LogP) is 12.3. The third-order valence-corrected chi connectivity index (χ3v) is 19.0. The van der Waals surface area contributed by atoms with Gasteiger partial charge in [0.05, 0.1) is 37.8 Å². The zero-order chi connectivity index (χ0) is 78.8. The number of nitrogens with zero attached hydrogens (tertiary/aromatic N) is 9.